The predicted octanol–water partition coefficient (Wildman–Crippen LogP) is 8.61. The topological polar surface area (TPSA) is 51.2 Å². The van der Waals surface area contributed by atoms with Gasteiger partial charge in [-0.15, -0.1) is 0 Å². The molecule has 0 spiro atoms. The molecule has 0 amide bonds. The molecule has 5 aromatic carbocycles. The average Bonchev–Trinajstić information content (AvgIpc) is 2.97. The van der Waals surface area contributed by atoms with Gasteiger partial charge >= 0.3 is 0 Å². The fraction of sp³-hybridized carbons (Fsp3) is 0.158. The Kier molecular flexibility index (Phi) is 9.55. The van der Waals surface area contributed by atoms with Crippen molar-refractivity contribution >= 4 is 29.1 Å². The van der Waals surface area contributed by atoms with E-state index in [-0.39, 0.29) is 11.3 Å². The van der Waals surface area contributed by atoms with Crippen LogP contribution in [0.25, 0.3) is 0 Å². The smallest absolute Gasteiger partial charge is 0.230 e. The van der Waals surface area contributed by atoms with Gasteiger partial charge in [0, 0.05) is 27.3 Å². The predicted molar refractivity (Wildman–Crippen MR) is 175 cm³/mol. The Hall–Kier alpha value is -4.33. The lowest BCUT2D eigenvalue weighted by atomic mass is 9.93. The largest absolute Gasteiger partial charge is 0.305 e. The molecule has 42 heavy (non-hydrogen) atoms. The van der Waals surface area contributed by atoms with E-state index in [1.807, 2.05) is 113 Å². The molecule has 0 heterocycles. The van der Waals surface area contributed by atoms with Gasteiger partial charge in [0.15, 0.2) is 5.78 Å². The molecule has 0 fully saturated rings. The molecule has 0 aliphatic heterocycles. The van der Waals surface area contributed by atoms with Crippen LogP contribution in [0.1, 0.15) is 59.7 Å². The molecule has 4 heteroatoms. The van der Waals surface area contributed by atoms with Crippen molar-refractivity contribution in [3.8, 4) is 0 Å². The molecule has 5 rings (SSSR count). The van der Waals surface area contributed by atoms with Crippen molar-refractivity contribution in [3.05, 3.63) is 165 Å². The Labute approximate surface area is 249 Å². The SMILES string of the molecule is Cc1cc(C)c(C(=O)P(=O)(c2ccccc2)c2ccccc2)c(C)c1.Cc1cc(C)c(C(=O)c2ccccc2)c(C)c1. The van der Waals surface area contributed by atoms with Gasteiger partial charge in [-0.25, -0.2) is 0 Å². The molecule has 0 bridgehead atoms. The summed E-state index contributed by atoms with van der Waals surface area (Å²) in [7, 11) is -3.44. The first-order chi connectivity index (χ1) is 20.0. The van der Waals surface area contributed by atoms with Crippen LogP contribution < -0.4 is 10.6 Å². The minimum atomic E-state index is -3.44. The fourth-order valence-electron chi connectivity index (χ4n) is 5.61. The van der Waals surface area contributed by atoms with Crippen LogP contribution in [0.3, 0.4) is 0 Å². The zero-order chi connectivity index (χ0) is 30.4. The minimum Gasteiger partial charge on any atom is -0.305 e. The van der Waals surface area contributed by atoms with Gasteiger partial charge < -0.3 is 4.57 Å². The molecule has 0 aliphatic carbocycles. The first kappa shape index (κ1) is 30.6. The normalized spacial score (nSPS) is 10.9. The number of hydrogen-bond donors (Lipinski definition) is 0. The molecule has 0 atom stereocenters. The lowest BCUT2D eigenvalue weighted by Crippen LogP contribution is -2.23. The summed E-state index contributed by atoms with van der Waals surface area (Å²) in [5.74, 6) is 0.112. The highest BCUT2D eigenvalue weighted by molar-refractivity contribution is 7.93. The Morgan fingerprint density at radius 3 is 1.19 bits per heavy atom. The highest BCUT2D eigenvalue weighted by Gasteiger charge is 2.37. The van der Waals surface area contributed by atoms with Crippen LogP contribution >= 0.6 is 7.14 Å². The number of aryl methyl sites for hydroxylation is 6. The van der Waals surface area contributed by atoms with Crippen molar-refractivity contribution in [2.75, 3.05) is 0 Å². The lowest BCUT2D eigenvalue weighted by molar-refractivity contribution is 0.103. The van der Waals surface area contributed by atoms with Crippen molar-refractivity contribution in [3.63, 3.8) is 0 Å². The molecule has 0 aromatic heterocycles. The van der Waals surface area contributed by atoms with Crippen LogP contribution in [0.5, 0.6) is 0 Å². The zero-order valence-electron chi connectivity index (χ0n) is 25.1. The zero-order valence-corrected chi connectivity index (χ0v) is 26.0. The quantitative estimate of drug-likeness (QED) is 0.151. The molecular formula is C38H37O3P. The van der Waals surface area contributed by atoms with Gasteiger partial charge in [-0.1, -0.05) is 126 Å². The summed E-state index contributed by atoms with van der Waals surface area (Å²) in [6.07, 6.45) is 0. The summed E-state index contributed by atoms with van der Waals surface area (Å²) in [5, 5.41) is 1.15. The molecular weight excluding hydrogens is 535 g/mol. The van der Waals surface area contributed by atoms with Crippen molar-refractivity contribution in [1.82, 2.24) is 0 Å². The molecule has 3 nitrogen and oxygen atoms in total. The number of hydrogen-bond acceptors (Lipinski definition) is 3. The van der Waals surface area contributed by atoms with Crippen LogP contribution in [0.2, 0.25) is 0 Å². The number of rotatable bonds is 6. The summed E-state index contributed by atoms with van der Waals surface area (Å²) in [5.41, 5.74) is 8.01. The summed E-state index contributed by atoms with van der Waals surface area (Å²) < 4.78 is 14.2. The maximum atomic E-state index is 14.2. The molecule has 0 aliphatic rings. The average molecular weight is 573 g/mol. The van der Waals surface area contributed by atoms with E-state index in [0.29, 0.717) is 16.2 Å². The second kappa shape index (κ2) is 13.1. The standard InChI is InChI=1S/C22H21O2P.C16H16O/c1-16-14-17(2)21(18(3)15-16)22(23)25(24,19-10-6-4-7-11-19)20-12-8-5-9-13-20;1-11-9-12(2)15(13(3)10-11)16(17)14-7-5-4-6-8-14/h4-15H,1-3H3;4-10H,1-3H3. The lowest BCUT2D eigenvalue weighted by Gasteiger charge is -2.20. The summed E-state index contributed by atoms with van der Waals surface area (Å²) >= 11 is 0. The van der Waals surface area contributed by atoms with Gasteiger partial charge in [-0.3, -0.25) is 9.59 Å². The van der Waals surface area contributed by atoms with Crippen molar-refractivity contribution in [2.24, 2.45) is 0 Å². The van der Waals surface area contributed by atoms with Gasteiger partial charge in [-0.05, 0) is 63.8 Å². The van der Waals surface area contributed by atoms with Crippen LogP contribution in [-0.4, -0.2) is 11.3 Å². The third kappa shape index (κ3) is 6.43. The monoisotopic (exact) mass is 572 g/mol. The van der Waals surface area contributed by atoms with Crippen LogP contribution in [-0.2, 0) is 4.57 Å². The third-order valence-corrected chi connectivity index (χ3v) is 10.2. The van der Waals surface area contributed by atoms with E-state index < -0.39 is 7.14 Å². The molecule has 0 N–H and O–H groups in total. The van der Waals surface area contributed by atoms with Gasteiger partial charge in [0.05, 0.1) is 0 Å². The molecule has 5 aromatic rings. The van der Waals surface area contributed by atoms with Crippen molar-refractivity contribution in [1.29, 1.82) is 0 Å². The summed E-state index contributed by atoms with van der Waals surface area (Å²) in [6.45, 7) is 11.9. The Morgan fingerprint density at radius 1 is 0.476 bits per heavy atom. The number of ketones is 1. The molecule has 0 unspecified atom stereocenters. The van der Waals surface area contributed by atoms with Gasteiger partial charge in [0.1, 0.15) is 0 Å². The van der Waals surface area contributed by atoms with E-state index in [0.717, 1.165) is 38.9 Å². The van der Waals surface area contributed by atoms with Gasteiger partial charge in [0.2, 0.25) is 12.7 Å². The Balaban J connectivity index is 0.000000208. The van der Waals surface area contributed by atoms with Gasteiger partial charge in [-0.2, -0.15) is 0 Å². The highest BCUT2D eigenvalue weighted by atomic mass is 31.2. The van der Waals surface area contributed by atoms with Crippen molar-refractivity contribution in [2.45, 2.75) is 41.5 Å². The Bertz CT molecular complexity index is 1680. The molecule has 0 radical (unpaired) electrons. The van der Waals surface area contributed by atoms with E-state index in [2.05, 4.69) is 19.1 Å². The molecule has 0 saturated heterocycles. The summed E-state index contributed by atoms with van der Waals surface area (Å²) in [6, 6.07) is 35.7. The Morgan fingerprint density at radius 2 is 0.810 bits per heavy atom. The number of benzene rings is 5. The molecule has 0 saturated carbocycles. The van der Waals surface area contributed by atoms with Crippen LogP contribution in [0, 0.1) is 41.5 Å². The van der Waals surface area contributed by atoms with E-state index in [9.17, 15) is 14.2 Å². The van der Waals surface area contributed by atoms with E-state index >= 15 is 0 Å². The van der Waals surface area contributed by atoms with E-state index in [4.69, 9.17) is 0 Å². The van der Waals surface area contributed by atoms with Crippen LogP contribution in [0.4, 0.5) is 0 Å². The molecule has 212 valence electrons. The van der Waals surface area contributed by atoms with E-state index in [1.165, 1.54) is 5.56 Å². The first-order valence-corrected chi connectivity index (χ1v) is 15.8. The second-order valence-electron chi connectivity index (χ2n) is 10.8. The second-order valence-corrected chi connectivity index (χ2v) is 13.5. The van der Waals surface area contributed by atoms with Crippen molar-refractivity contribution < 1.29 is 14.2 Å². The van der Waals surface area contributed by atoms with Gasteiger partial charge in [0.25, 0.3) is 0 Å². The first-order valence-electron chi connectivity index (χ1n) is 14.1. The summed E-state index contributed by atoms with van der Waals surface area (Å²) in [4.78, 5) is 26.0. The maximum Gasteiger partial charge on any atom is 0.230 e. The fourth-order valence-corrected chi connectivity index (χ4v) is 8.23. The minimum absolute atomic E-state index is 0.112. The van der Waals surface area contributed by atoms with Crippen LogP contribution in [0.15, 0.2) is 115 Å². The number of carbonyl (C=O) groups excluding carboxylic acids is 2. The highest BCUT2D eigenvalue weighted by Crippen LogP contribution is 2.47. The third-order valence-electron chi connectivity index (χ3n) is 7.36. The maximum absolute atomic E-state index is 14.2. The van der Waals surface area contributed by atoms with E-state index in [1.54, 1.807) is 24.3 Å². The number of carbonyl (C=O) groups is 2.